The van der Waals surface area contributed by atoms with Crippen LogP contribution in [0.15, 0.2) is 48.5 Å². The summed E-state index contributed by atoms with van der Waals surface area (Å²) in [4.78, 5) is 0. The quantitative estimate of drug-likeness (QED) is 0.316. The lowest BCUT2D eigenvalue weighted by Crippen LogP contribution is -2.19. The van der Waals surface area contributed by atoms with Gasteiger partial charge in [-0.05, 0) is 107 Å². The topological polar surface area (TPSA) is 0 Å². The largest absolute Gasteiger partial charge is 0.157 e. The van der Waals surface area contributed by atoms with Crippen LogP contribution in [0.4, 0.5) is 0 Å². The number of hydrogen-bond donors (Lipinski definition) is 0. The molecule has 0 nitrogen and oxygen atoms in total. The van der Waals surface area contributed by atoms with E-state index in [-0.39, 0.29) is 0 Å². The van der Waals surface area contributed by atoms with Crippen LogP contribution in [-0.2, 0) is 23.0 Å². The maximum atomic E-state index is 2.40. The van der Waals surface area contributed by atoms with Gasteiger partial charge in [0.2, 0.25) is 0 Å². The maximum Gasteiger partial charge on any atom is 0.0184 e. The lowest BCUT2D eigenvalue weighted by molar-refractivity contribution is 0.309. The molecule has 36 heavy (non-hydrogen) atoms. The van der Waals surface area contributed by atoms with Crippen LogP contribution in [0.2, 0.25) is 0 Å². The zero-order valence-corrected chi connectivity index (χ0v) is 25.1. The van der Waals surface area contributed by atoms with Crippen molar-refractivity contribution in [3.05, 3.63) is 70.8 Å². The molecule has 4 aliphatic heterocycles. The standard InChI is InChI=1S/C32H44S4/c1-3-29-15-30(4-1)22-34-18-26-9-13-28(14-10-26)20-36-24-32-6-2-5-31(16-32)23-35-19-27-11-7-25(8-12-27)17-33-21-29/h7-14,29-32H,1-6,15-24H2/t29-,30+,31+,32-. The third kappa shape index (κ3) is 8.95. The Morgan fingerprint density at radius 2 is 0.639 bits per heavy atom. The normalized spacial score (nSPS) is 29.1. The molecular weight excluding hydrogens is 513 g/mol. The molecule has 2 saturated carbocycles. The van der Waals surface area contributed by atoms with Crippen LogP contribution >= 0.6 is 47.0 Å². The second kappa shape index (κ2) is 14.8. The van der Waals surface area contributed by atoms with Crippen LogP contribution in [0.1, 0.15) is 73.6 Å². The van der Waals surface area contributed by atoms with E-state index in [0.717, 1.165) is 23.7 Å². The molecule has 0 radical (unpaired) electrons. The number of thioether (sulfide) groups is 4. The first kappa shape index (κ1) is 27.4. The van der Waals surface area contributed by atoms with Crippen molar-refractivity contribution in [1.82, 2.24) is 0 Å². The average molecular weight is 557 g/mol. The zero-order chi connectivity index (χ0) is 24.4. The molecule has 0 amide bonds. The molecular formula is C32H44S4. The molecule has 2 aliphatic carbocycles. The molecule has 2 aromatic rings. The highest BCUT2D eigenvalue weighted by atomic mass is 32.2. The molecule has 4 heteroatoms. The van der Waals surface area contributed by atoms with Gasteiger partial charge in [-0.1, -0.05) is 61.4 Å². The van der Waals surface area contributed by atoms with E-state index in [2.05, 4.69) is 95.6 Å². The smallest absolute Gasteiger partial charge is 0.0184 e. The summed E-state index contributed by atoms with van der Waals surface area (Å²) in [7, 11) is 0. The van der Waals surface area contributed by atoms with Crippen molar-refractivity contribution >= 4 is 47.0 Å². The van der Waals surface area contributed by atoms with E-state index < -0.39 is 0 Å². The van der Waals surface area contributed by atoms with Crippen LogP contribution in [0.3, 0.4) is 0 Å². The molecule has 0 unspecified atom stereocenters. The fourth-order valence-electron chi connectivity index (χ4n) is 6.25. The van der Waals surface area contributed by atoms with Gasteiger partial charge < -0.3 is 0 Å². The van der Waals surface area contributed by atoms with Crippen LogP contribution < -0.4 is 0 Å². The van der Waals surface area contributed by atoms with E-state index in [1.807, 2.05) is 0 Å². The predicted molar refractivity (Wildman–Crippen MR) is 168 cm³/mol. The molecule has 196 valence electrons. The molecule has 0 saturated heterocycles. The average Bonchev–Trinajstić information content (AvgIpc) is 2.91. The molecule has 0 aromatic heterocycles. The summed E-state index contributed by atoms with van der Waals surface area (Å²) in [5, 5.41) is 0. The van der Waals surface area contributed by atoms with Crippen molar-refractivity contribution in [2.75, 3.05) is 23.0 Å². The Morgan fingerprint density at radius 1 is 0.389 bits per heavy atom. The Hall–Kier alpha value is -0.160. The minimum absolute atomic E-state index is 0.930. The Kier molecular flexibility index (Phi) is 11.3. The minimum Gasteiger partial charge on any atom is -0.157 e. The molecule has 8 bridgehead atoms. The number of rotatable bonds is 0. The Balaban J connectivity index is 1.18. The number of hydrogen-bond acceptors (Lipinski definition) is 4. The second-order valence-electron chi connectivity index (χ2n) is 11.5. The van der Waals surface area contributed by atoms with Crippen LogP contribution in [0.25, 0.3) is 0 Å². The summed E-state index contributed by atoms with van der Waals surface area (Å²) in [6, 6.07) is 19.2. The van der Waals surface area contributed by atoms with Gasteiger partial charge >= 0.3 is 0 Å². The monoisotopic (exact) mass is 556 g/mol. The van der Waals surface area contributed by atoms with Gasteiger partial charge in [-0.25, -0.2) is 0 Å². The fourth-order valence-corrected chi connectivity index (χ4v) is 11.0. The van der Waals surface area contributed by atoms with Gasteiger partial charge in [0.1, 0.15) is 0 Å². The lowest BCUT2D eigenvalue weighted by Gasteiger charge is -2.29. The molecule has 2 fully saturated rings. The summed E-state index contributed by atoms with van der Waals surface area (Å²) < 4.78 is 0. The first-order chi connectivity index (χ1) is 17.8. The van der Waals surface area contributed by atoms with Crippen LogP contribution in [0.5, 0.6) is 0 Å². The van der Waals surface area contributed by atoms with Crippen LogP contribution in [0, 0.1) is 23.7 Å². The Labute approximate surface area is 237 Å². The van der Waals surface area contributed by atoms with Gasteiger partial charge in [-0.3, -0.25) is 0 Å². The molecule has 4 atom stereocenters. The van der Waals surface area contributed by atoms with Crippen molar-refractivity contribution in [2.24, 2.45) is 23.7 Å². The third-order valence-corrected chi connectivity index (χ3v) is 13.3. The van der Waals surface area contributed by atoms with Crippen molar-refractivity contribution in [3.8, 4) is 0 Å². The maximum absolute atomic E-state index is 2.40. The van der Waals surface area contributed by atoms with E-state index >= 15 is 0 Å². The summed E-state index contributed by atoms with van der Waals surface area (Å²) in [6.45, 7) is 0. The van der Waals surface area contributed by atoms with Crippen LogP contribution in [-0.4, -0.2) is 23.0 Å². The Bertz CT molecular complexity index is 748. The molecule has 2 aromatic carbocycles. The van der Waals surface area contributed by atoms with E-state index in [1.165, 1.54) is 120 Å². The highest BCUT2D eigenvalue weighted by Gasteiger charge is 2.23. The second-order valence-corrected chi connectivity index (χ2v) is 15.6. The highest BCUT2D eigenvalue weighted by molar-refractivity contribution is 7.99. The van der Waals surface area contributed by atoms with Crippen molar-refractivity contribution in [2.45, 2.75) is 74.4 Å². The first-order valence-electron chi connectivity index (χ1n) is 14.3. The van der Waals surface area contributed by atoms with Crippen molar-refractivity contribution in [3.63, 3.8) is 0 Å². The van der Waals surface area contributed by atoms with Crippen molar-refractivity contribution in [1.29, 1.82) is 0 Å². The van der Waals surface area contributed by atoms with Crippen molar-refractivity contribution < 1.29 is 0 Å². The summed E-state index contributed by atoms with van der Waals surface area (Å²) in [5.41, 5.74) is 6.04. The van der Waals surface area contributed by atoms with Gasteiger partial charge in [0, 0.05) is 23.0 Å². The molecule has 0 N–H and O–H groups in total. The fraction of sp³-hybridized carbons (Fsp3) is 0.625. The molecule has 4 heterocycles. The summed E-state index contributed by atoms with van der Waals surface area (Å²) in [5.74, 6) is 13.8. The minimum atomic E-state index is 0.930. The van der Waals surface area contributed by atoms with Gasteiger partial charge in [0.25, 0.3) is 0 Å². The SMILES string of the molecule is c1cc2ccc1CSC[C@H]1CCC[C@@H](CSCc3ccc(cc3)CSC[C@H]3CCC[C@@H](CSC2)C3)C1. The summed E-state index contributed by atoms with van der Waals surface area (Å²) in [6.07, 6.45) is 11.6. The van der Waals surface area contributed by atoms with Gasteiger partial charge in [0.15, 0.2) is 0 Å². The number of benzene rings is 2. The zero-order valence-electron chi connectivity index (χ0n) is 21.9. The highest BCUT2D eigenvalue weighted by Crippen LogP contribution is 2.36. The van der Waals surface area contributed by atoms with Gasteiger partial charge in [0.05, 0.1) is 0 Å². The van der Waals surface area contributed by atoms with Gasteiger partial charge in [-0.15, -0.1) is 0 Å². The predicted octanol–water partition coefficient (Wildman–Crippen LogP) is 9.95. The van der Waals surface area contributed by atoms with E-state index in [9.17, 15) is 0 Å². The Morgan fingerprint density at radius 3 is 0.889 bits per heavy atom. The molecule has 8 rings (SSSR count). The van der Waals surface area contributed by atoms with E-state index in [1.54, 1.807) is 0 Å². The lowest BCUT2D eigenvalue weighted by atomic mass is 9.83. The first-order valence-corrected chi connectivity index (χ1v) is 18.9. The molecule has 0 spiro atoms. The van der Waals surface area contributed by atoms with Gasteiger partial charge in [-0.2, -0.15) is 47.0 Å². The molecule has 6 aliphatic rings. The van der Waals surface area contributed by atoms with E-state index in [0.29, 0.717) is 0 Å². The summed E-state index contributed by atoms with van der Waals surface area (Å²) >= 11 is 8.69. The van der Waals surface area contributed by atoms with E-state index in [4.69, 9.17) is 0 Å². The third-order valence-electron chi connectivity index (χ3n) is 8.32.